The SMILES string of the molecule is CC(C)(NC(=O)CCBr)C1CC1. The predicted molar refractivity (Wildman–Crippen MR) is 53.4 cm³/mol. The lowest BCUT2D eigenvalue weighted by atomic mass is 9.99. The maximum absolute atomic E-state index is 11.2. The van der Waals surface area contributed by atoms with Gasteiger partial charge in [-0.3, -0.25) is 4.79 Å². The van der Waals surface area contributed by atoms with Gasteiger partial charge in [-0.1, -0.05) is 15.9 Å². The van der Waals surface area contributed by atoms with Gasteiger partial charge in [0.15, 0.2) is 0 Å². The third-order valence-corrected chi connectivity index (χ3v) is 2.78. The molecular weight excluding hydrogens is 218 g/mol. The minimum atomic E-state index is 0.0131. The fraction of sp³-hybridized carbons (Fsp3) is 0.889. The van der Waals surface area contributed by atoms with Gasteiger partial charge in [-0.05, 0) is 32.6 Å². The highest BCUT2D eigenvalue weighted by atomic mass is 79.9. The summed E-state index contributed by atoms with van der Waals surface area (Å²) in [5.74, 6) is 0.862. The van der Waals surface area contributed by atoms with Gasteiger partial charge in [0.25, 0.3) is 0 Å². The van der Waals surface area contributed by atoms with Crippen LogP contribution in [-0.2, 0) is 4.79 Å². The van der Waals surface area contributed by atoms with E-state index in [2.05, 4.69) is 35.1 Å². The number of nitrogens with one attached hydrogen (secondary N) is 1. The molecule has 3 heteroatoms. The summed E-state index contributed by atoms with van der Waals surface area (Å²) in [7, 11) is 0. The molecule has 1 amide bonds. The van der Waals surface area contributed by atoms with Gasteiger partial charge in [0.2, 0.25) is 5.91 Å². The summed E-state index contributed by atoms with van der Waals surface area (Å²) in [6, 6.07) is 0. The zero-order chi connectivity index (χ0) is 9.19. The molecule has 1 saturated carbocycles. The summed E-state index contributed by atoms with van der Waals surface area (Å²) in [6.07, 6.45) is 3.11. The summed E-state index contributed by atoms with van der Waals surface area (Å²) in [6.45, 7) is 4.22. The number of halogens is 1. The molecule has 0 unspecified atom stereocenters. The lowest BCUT2D eigenvalue weighted by Crippen LogP contribution is -2.45. The largest absolute Gasteiger partial charge is 0.351 e. The average molecular weight is 234 g/mol. The second kappa shape index (κ2) is 3.77. The van der Waals surface area contributed by atoms with E-state index in [-0.39, 0.29) is 11.4 Å². The molecule has 0 heterocycles. The minimum absolute atomic E-state index is 0.0131. The predicted octanol–water partition coefficient (Wildman–Crippen LogP) is 2.08. The van der Waals surface area contributed by atoms with Crippen molar-refractivity contribution in [3.8, 4) is 0 Å². The van der Waals surface area contributed by atoms with Crippen LogP contribution in [0.25, 0.3) is 0 Å². The van der Waals surface area contributed by atoms with Crippen LogP contribution < -0.4 is 5.32 Å². The highest BCUT2D eigenvalue weighted by molar-refractivity contribution is 9.09. The van der Waals surface area contributed by atoms with E-state index >= 15 is 0 Å². The Labute approximate surface area is 82.2 Å². The third-order valence-electron chi connectivity index (χ3n) is 2.38. The van der Waals surface area contributed by atoms with Crippen molar-refractivity contribution in [2.45, 2.75) is 38.6 Å². The molecule has 0 aromatic carbocycles. The number of alkyl halides is 1. The van der Waals surface area contributed by atoms with Gasteiger partial charge in [0.1, 0.15) is 0 Å². The Bertz CT molecular complexity index is 175. The highest BCUT2D eigenvalue weighted by Gasteiger charge is 2.38. The molecule has 1 aliphatic carbocycles. The first-order valence-corrected chi connectivity index (χ1v) is 5.55. The lowest BCUT2D eigenvalue weighted by molar-refractivity contribution is -0.122. The normalized spacial score (nSPS) is 17.6. The fourth-order valence-electron chi connectivity index (χ4n) is 1.41. The Morgan fingerprint density at radius 1 is 1.58 bits per heavy atom. The van der Waals surface area contributed by atoms with E-state index in [1.54, 1.807) is 0 Å². The summed E-state index contributed by atoms with van der Waals surface area (Å²) in [5, 5.41) is 3.80. The van der Waals surface area contributed by atoms with E-state index in [4.69, 9.17) is 0 Å². The molecular formula is C9H16BrNO. The fourth-order valence-corrected chi connectivity index (χ4v) is 1.77. The molecule has 0 aliphatic heterocycles. The van der Waals surface area contributed by atoms with Crippen molar-refractivity contribution in [1.29, 1.82) is 0 Å². The molecule has 12 heavy (non-hydrogen) atoms. The second-order valence-electron chi connectivity index (χ2n) is 3.98. The first kappa shape index (κ1) is 10.0. The van der Waals surface area contributed by atoms with Gasteiger partial charge in [0.05, 0.1) is 0 Å². The van der Waals surface area contributed by atoms with E-state index in [0.717, 1.165) is 5.33 Å². The molecule has 1 N–H and O–H groups in total. The van der Waals surface area contributed by atoms with Crippen molar-refractivity contribution in [3.05, 3.63) is 0 Å². The second-order valence-corrected chi connectivity index (χ2v) is 4.78. The van der Waals surface area contributed by atoms with Crippen LogP contribution in [0.1, 0.15) is 33.1 Å². The van der Waals surface area contributed by atoms with Crippen LogP contribution in [0, 0.1) is 5.92 Å². The van der Waals surface area contributed by atoms with Gasteiger partial charge in [-0.2, -0.15) is 0 Å². The van der Waals surface area contributed by atoms with Crippen LogP contribution in [0.4, 0.5) is 0 Å². The van der Waals surface area contributed by atoms with Crippen molar-refractivity contribution in [2.24, 2.45) is 5.92 Å². The molecule has 2 nitrogen and oxygen atoms in total. The molecule has 70 valence electrons. The van der Waals surface area contributed by atoms with E-state index in [1.165, 1.54) is 12.8 Å². The van der Waals surface area contributed by atoms with E-state index in [9.17, 15) is 4.79 Å². The summed E-state index contributed by atoms with van der Waals surface area (Å²) in [4.78, 5) is 11.2. The minimum Gasteiger partial charge on any atom is -0.351 e. The Morgan fingerprint density at radius 3 is 2.58 bits per heavy atom. The van der Waals surface area contributed by atoms with Crippen molar-refractivity contribution in [2.75, 3.05) is 5.33 Å². The Morgan fingerprint density at radius 2 is 2.17 bits per heavy atom. The van der Waals surface area contributed by atoms with Gasteiger partial charge in [-0.15, -0.1) is 0 Å². The number of hydrogen-bond donors (Lipinski definition) is 1. The molecule has 0 saturated heterocycles. The molecule has 1 aliphatic rings. The first-order valence-electron chi connectivity index (χ1n) is 4.43. The maximum atomic E-state index is 11.2. The molecule has 1 fully saturated rings. The maximum Gasteiger partial charge on any atom is 0.221 e. The molecule has 0 aromatic heterocycles. The first-order chi connectivity index (χ1) is 5.56. The molecule has 0 bridgehead atoms. The van der Waals surface area contributed by atoms with Crippen LogP contribution in [0.15, 0.2) is 0 Å². The van der Waals surface area contributed by atoms with Crippen molar-refractivity contribution >= 4 is 21.8 Å². The van der Waals surface area contributed by atoms with Crippen LogP contribution in [0.5, 0.6) is 0 Å². The number of carbonyl (C=O) groups is 1. The number of rotatable bonds is 4. The molecule has 1 rings (SSSR count). The van der Waals surface area contributed by atoms with Crippen LogP contribution >= 0.6 is 15.9 Å². The van der Waals surface area contributed by atoms with E-state index in [1.807, 2.05) is 0 Å². The summed E-state index contributed by atoms with van der Waals surface area (Å²) < 4.78 is 0. The van der Waals surface area contributed by atoms with Gasteiger partial charge in [-0.25, -0.2) is 0 Å². The van der Waals surface area contributed by atoms with Gasteiger partial charge >= 0.3 is 0 Å². The van der Waals surface area contributed by atoms with Crippen molar-refractivity contribution in [3.63, 3.8) is 0 Å². The average Bonchev–Trinajstić information content (AvgIpc) is 2.65. The smallest absolute Gasteiger partial charge is 0.221 e. The third kappa shape index (κ3) is 2.77. The van der Waals surface area contributed by atoms with Gasteiger partial charge < -0.3 is 5.32 Å². The molecule has 0 radical (unpaired) electrons. The number of hydrogen-bond acceptors (Lipinski definition) is 1. The summed E-state index contributed by atoms with van der Waals surface area (Å²) in [5.41, 5.74) is 0.0131. The lowest BCUT2D eigenvalue weighted by Gasteiger charge is -2.25. The molecule has 0 atom stereocenters. The molecule has 0 spiro atoms. The highest BCUT2D eigenvalue weighted by Crippen LogP contribution is 2.39. The van der Waals surface area contributed by atoms with E-state index < -0.39 is 0 Å². The van der Waals surface area contributed by atoms with Crippen LogP contribution in [0.3, 0.4) is 0 Å². The number of carbonyl (C=O) groups excluding carboxylic acids is 1. The Balaban J connectivity index is 2.32. The van der Waals surface area contributed by atoms with E-state index in [0.29, 0.717) is 12.3 Å². The molecule has 0 aromatic rings. The van der Waals surface area contributed by atoms with Gasteiger partial charge in [0, 0.05) is 17.3 Å². The topological polar surface area (TPSA) is 29.1 Å². The van der Waals surface area contributed by atoms with Crippen LogP contribution in [-0.4, -0.2) is 16.8 Å². The zero-order valence-electron chi connectivity index (χ0n) is 7.69. The standard InChI is InChI=1S/C9H16BrNO/c1-9(2,7-3-4-7)11-8(12)5-6-10/h7H,3-6H2,1-2H3,(H,11,12). The van der Waals surface area contributed by atoms with Crippen molar-refractivity contribution < 1.29 is 4.79 Å². The van der Waals surface area contributed by atoms with Crippen molar-refractivity contribution in [1.82, 2.24) is 5.32 Å². The quantitative estimate of drug-likeness (QED) is 0.741. The number of amides is 1. The zero-order valence-corrected chi connectivity index (χ0v) is 9.28. The Kier molecular flexibility index (Phi) is 3.16. The monoisotopic (exact) mass is 233 g/mol. The Hall–Kier alpha value is -0.0500. The summed E-state index contributed by atoms with van der Waals surface area (Å²) >= 11 is 3.25. The van der Waals surface area contributed by atoms with Crippen LogP contribution in [0.2, 0.25) is 0 Å².